The third kappa shape index (κ3) is 4.78. The molecular weight excluding hydrogens is 302 g/mol. The molecule has 0 fully saturated rings. The molecule has 0 saturated carbocycles. The average Bonchev–Trinajstić information content (AvgIpc) is 3.08. The van der Waals surface area contributed by atoms with Crippen molar-refractivity contribution in [2.45, 2.75) is 33.1 Å². The fourth-order valence-electron chi connectivity index (χ4n) is 2.67. The van der Waals surface area contributed by atoms with E-state index in [-0.39, 0.29) is 24.7 Å². The van der Waals surface area contributed by atoms with Crippen LogP contribution in [0.15, 0.2) is 47.6 Å². The number of nitrogens with zero attached hydrogens (tertiary/aromatic N) is 3. The Hall–Kier alpha value is -2.43. The van der Waals surface area contributed by atoms with Gasteiger partial charge < -0.3 is 4.90 Å². The summed E-state index contributed by atoms with van der Waals surface area (Å²) in [6.45, 7) is 9.41. The molecule has 0 spiro atoms. The van der Waals surface area contributed by atoms with E-state index in [1.54, 1.807) is 4.90 Å². The number of hydrazone groups is 1. The van der Waals surface area contributed by atoms with Crippen molar-refractivity contribution in [2.75, 3.05) is 19.6 Å². The van der Waals surface area contributed by atoms with Crippen LogP contribution in [0.3, 0.4) is 0 Å². The van der Waals surface area contributed by atoms with Gasteiger partial charge >= 0.3 is 0 Å². The topological polar surface area (TPSA) is 53.0 Å². The summed E-state index contributed by atoms with van der Waals surface area (Å²) in [5, 5.41) is 5.90. The van der Waals surface area contributed by atoms with Crippen LogP contribution in [0.25, 0.3) is 0 Å². The molecule has 1 aliphatic rings. The van der Waals surface area contributed by atoms with Crippen LogP contribution in [0.1, 0.15) is 38.7 Å². The number of carbonyl (C=O) groups is 2. The first-order valence-electron chi connectivity index (χ1n) is 8.36. The highest BCUT2D eigenvalue weighted by atomic mass is 16.2. The summed E-state index contributed by atoms with van der Waals surface area (Å²) in [6.07, 6.45) is 1.16. The van der Waals surface area contributed by atoms with Gasteiger partial charge in [0.1, 0.15) is 0 Å². The van der Waals surface area contributed by atoms with Crippen molar-refractivity contribution in [2.24, 2.45) is 5.10 Å². The lowest BCUT2D eigenvalue weighted by molar-refractivity contribution is -0.136. The Morgan fingerprint density at radius 1 is 1.25 bits per heavy atom. The Bertz CT molecular complexity index is 637. The summed E-state index contributed by atoms with van der Waals surface area (Å²) in [5.41, 5.74) is 2.91. The maximum Gasteiger partial charge on any atom is 0.243 e. The third-order valence-electron chi connectivity index (χ3n) is 3.94. The van der Waals surface area contributed by atoms with E-state index < -0.39 is 0 Å². The van der Waals surface area contributed by atoms with Gasteiger partial charge in [0.2, 0.25) is 11.8 Å². The second-order valence-electron chi connectivity index (χ2n) is 6.04. The molecule has 1 aromatic rings. The minimum absolute atomic E-state index is 0.0136. The van der Waals surface area contributed by atoms with Crippen molar-refractivity contribution in [1.82, 2.24) is 9.91 Å². The summed E-state index contributed by atoms with van der Waals surface area (Å²) in [4.78, 5) is 26.2. The van der Waals surface area contributed by atoms with Gasteiger partial charge in [-0.1, -0.05) is 42.5 Å². The molecule has 0 aliphatic carbocycles. The lowest BCUT2D eigenvalue weighted by Gasteiger charge is -2.21. The van der Waals surface area contributed by atoms with Crippen molar-refractivity contribution in [3.8, 4) is 0 Å². The minimum Gasteiger partial charge on any atom is -0.339 e. The molecular formula is C19H25N3O2. The van der Waals surface area contributed by atoms with Gasteiger partial charge in [0, 0.05) is 32.4 Å². The Balaban J connectivity index is 1.88. The molecule has 128 valence electrons. The number of amides is 2. The zero-order valence-electron chi connectivity index (χ0n) is 14.5. The van der Waals surface area contributed by atoms with Gasteiger partial charge in [0.15, 0.2) is 0 Å². The molecule has 5 heteroatoms. The molecule has 2 rings (SSSR count). The van der Waals surface area contributed by atoms with Gasteiger partial charge in [-0.05, 0) is 19.4 Å². The lowest BCUT2D eigenvalue weighted by Crippen LogP contribution is -2.33. The van der Waals surface area contributed by atoms with E-state index in [1.807, 2.05) is 44.2 Å². The van der Waals surface area contributed by atoms with E-state index in [0.717, 1.165) is 23.3 Å². The quantitative estimate of drug-likeness (QED) is 0.723. The zero-order valence-corrected chi connectivity index (χ0v) is 14.5. The lowest BCUT2D eigenvalue weighted by atomic mass is 10.1. The van der Waals surface area contributed by atoms with Gasteiger partial charge in [-0.25, -0.2) is 5.01 Å². The van der Waals surface area contributed by atoms with Gasteiger partial charge in [0.05, 0.1) is 12.3 Å². The average molecular weight is 327 g/mol. The summed E-state index contributed by atoms with van der Waals surface area (Å²) in [6, 6.07) is 9.86. The van der Waals surface area contributed by atoms with Gasteiger partial charge in [-0.15, -0.1) is 0 Å². The largest absolute Gasteiger partial charge is 0.339 e. The van der Waals surface area contributed by atoms with Crippen LogP contribution in [0.2, 0.25) is 0 Å². The van der Waals surface area contributed by atoms with Crippen molar-refractivity contribution in [3.05, 3.63) is 48.0 Å². The van der Waals surface area contributed by atoms with Crippen LogP contribution in [-0.2, 0) is 9.59 Å². The summed E-state index contributed by atoms with van der Waals surface area (Å²) in [7, 11) is 0. The van der Waals surface area contributed by atoms with Gasteiger partial charge in [-0.3, -0.25) is 9.59 Å². The highest BCUT2D eigenvalue weighted by Gasteiger charge is 2.22. The molecule has 1 aromatic carbocycles. The van der Waals surface area contributed by atoms with Gasteiger partial charge in [0.25, 0.3) is 0 Å². The summed E-state index contributed by atoms with van der Waals surface area (Å²) < 4.78 is 0. The number of rotatable bonds is 7. The Labute approximate surface area is 143 Å². The van der Waals surface area contributed by atoms with Crippen molar-refractivity contribution >= 4 is 17.5 Å². The minimum atomic E-state index is -0.0966. The highest BCUT2D eigenvalue weighted by Crippen LogP contribution is 2.15. The standard InChI is InChI=1S/C19H25N3O2/c1-4-21(14-15(2)3)18(23)10-11-19(24)22-13-12-17(20-22)16-8-6-5-7-9-16/h5-9H,2,4,10-14H2,1,3H3. The maximum atomic E-state index is 12.3. The predicted molar refractivity (Wildman–Crippen MR) is 95.6 cm³/mol. The van der Waals surface area contributed by atoms with E-state index in [4.69, 9.17) is 0 Å². The first-order valence-corrected chi connectivity index (χ1v) is 8.36. The number of hydrogen-bond acceptors (Lipinski definition) is 3. The molecule has 0 radical (unpaired) electrons. The Morgan fingerprint density at radius 3 is 2.58 bits per heavy atom. The second kappa shape index (κ2) is 8.43. The fourth-order valence-corrected chi connectivity index (χ4v) is 2.67. The van der Waals surface area contributed by atoms with Crippen molar-refractivity contribution in [1.29, 1.82) is 0 Å². The molecule has 0 N–H and O–H groups in total. The molecule has 0 unspecified atom stereocenters. The van der Waals surface area contributed by atoms with E-state index in [9.17, 15) is 9.59 Å². The summed E-state index contributed by atoms with van der Waals surface area (Å²) in [5.74, 6) is -0.110. The molecule has 1 heterocycles. The molecule has 1 aliphatic heterocycles. The van der Waals surface area contributed by atoms with Crippen LogP contribution in [0.4, 0.5) is 0 Å². The Kier molecular flexibility index (Phi) is 6.29. The molecule has 0 aromatic heterocycles. The Morgan fingerprint density at radius 2 is 1.96 bits per heavy atom. The number of hydrogen-bond donors (Lipinski definition) is 0. The molecule has 5 nitrogen and oxygen atoms in total. The van der Waals surface area contributed by atoms with Crippen LogP contribution in [0, 0.1) is 0 Å². The SMILES string of the molecule is C=C(C)CN(CC)C(=O)CCC(=O)N1CCC(c2ccccc2)=N1. The van der Waals surface area contributed by atoms with Crippen LogP contribution >= 0.6 is 0 Å². The van der Waals surface area contributed by atoms with Crippen LogP contribution < -0.4 is 0 Å². The molecule has 0 bridgehead atoms. The molecule has 0 atom stereocenters. The first kappa shape index (κ1) is 17.9. The number of likely N-dealkylation sites (N-methyl/N-ethyl adjacent to an activating group) is 1. The number of benzene rings is 1. The number of carbonyl (C=O) groups excluding carboxylic acids is 2. The highest BCUT2D eigenvalue weighted by molar-refractivity contribution is 6.02. The fraction of sp³-hybridized carbons (Fsp3) is 0.421. The van der Waals surface area contributed by atoms with E-state index >= 15 is 0 Å². The molecule has 2 amide bonds. The zero-order chi connectivity index (χ0) is 17.5. The normalized spacial score (nSPS) is 13.6. The first-order chi connectivity index (χ1) is 11.5. The second-order valence-corrected chi connectivity index (χ2v) is 6.04. The van der Waals surface area contributed by atoms with Crippen LogP contribution in [-0.4, -0.2) is 47.1 Å². The van der Waals surface area contributed by atoms with Gasteiger partial charge in [-0.2, -0.15) is 5.10 Å². The monoisotopic (exact) mass is 327 g/mol. The summed E-state index contributed by atoms with van der Waals surface area (Å²) >= 11 is 0. The smallest absolute Gasteiger partial charge is 0.243 e. The van der Waals surface area contributed by atoms with E-state index in [1.165, 1.54) is 5.01 Å². The van der Waals surface area contributed by atoms with Crippen molar-refractivity contribution in [3.63, 3.8) is 0 Å². The molecule has 24 heavy (non-hydrogen) atoms. The van der Waals surface area contributed by atoms with Crippen LogP contribution in [0.5, 0.6) is 0 Å². The third-order valence-corrected chi connectivity index (χ3v) is 3.94. The van der Waals surface area contributed by atoms with E-state index in [2.05, 4.69) is 11.7 Å². The predicted octanol–water partition coefficient (Wildman–Crippen LogP) is 2.83. The maximum absolute atomic E-state index is 12.3. The van der Waals surface area contributed by atoms with Crippen molar-refractivity contribution < 1.29 is 9.59 Å². The molecule has 0 saturated heterocycles. The van der Waals surface area contributed by atoms with E-state index in [0.29, 0.717) is 19.6 Å².